The van der Waals surface area contributed by atoms with Crippen LogP contribution in [0, 0.1) is 0 Å². The van der Waals surface area contributed by atoms with Crippen molar-refractivity contribution in [1.29, 1.82) is 0 Å². The molecule has 1 aliphatic heterocycles. The molecule has 2 aromatic rings. The number of rotatable bonds is 3. The standard InChI is InChI=1S/C20H18O2/c1-3-4-5-8-14(2)19-13-18(21)17-12-11-15-9-6-7-10-16(15)20(17)22-19/h3-12,19H,2,13H2,1H3/b4-3-,8-5-/t19-/m1/s1. The first-order valence-corrected chi connectivity index (χ1v) is 7.40. The highest BCUT2D eigenvalue weighted by Gasteiger charge is 2.28. The molecule has 0 saturated carbocycles. The largest absolute Gasteiger partial charge is 0.484 e. The summed E-state index contributed by atoms with van der Waals surface area (Å²) in [5.74, 6) is 0.789. The number of Topliss-reactive ketones (excluding diaryl/α,β-unsaturated/α-hetero) is 1. The molecule has 0 bridgehead atoms. The number of hydrogen-bond acceptors (Lipinski definition) is 2. The molecular weight excluding hydrogens is 272 g/mol. The third-order valence-corrected chi connectivity index (χ3v) is 3.84. The van der Waals surface area contributed by atoms with E-state index < -0.39 is 0 Å². The van der Waals surface area contributed by atoms with Gasteiger partial charge in [0.2, 0.25) is 0 Å². The molecule has 0 N–H and O–H groups in total. The highest BCUT2D eigenvalue weighted by atomic mass is 16.5. The summed E-state index contributed by atoms with van der Waals surface area (Å²) >= 11 is 0. The molecular formula is C20H18O2. The van der Waals surface area contributed by atoms with Crippen LogP contribution in [0.4, 0.5) is 0 Å². The highest BCUT2D eigenvalue weighted by molar-refractivity contribution is 6.06. The van der Waals surface area contributed by atoms with Crippen molar-refractivity contribution < 1.29 is 9.53 Å². The summed E-state index contributed by atoms with van der Waals surface area (Å²) in [6, 6.07) is 11.8. The Morgan fingerprint density at radius 1 is 1.23 bits per heavy atom. The Kier molecular flexibility index (Phi) is 3.92. The van der Waals surface area contributed by atoms with Gasteiger partial charge in [0.15, 0.2) is 5.78 Å². The number of carbonyl (C=O) groups is 1. The van der Waals surface area contributed by atoms with Gasteiger partial charge in [-0.3, -0.25) is 4.79 Å². The normalized spacial score (nSPS) is 17.9. The SMILES string of the molecule is C=C(/C=C\C=C/C)[C@H]1CC(=O)c2ccc3ccccc3c2O1. The first-order chi connectivity index (χ1) is 10.7. The molecule has 0 saturated heterocycles. The van der Waals surface area contributed by atoms with E-state index in [0.717, 1.165) is 16.3 Å². The van der Waals surface area contributed by atoms with E-state index in [2.05, 4.69) is 6.58 Å². The van der Waals surface area contributed by atoms with Gasteiger partial charge >= 0.3 is 0 Å². The number of ether oxygens (including phenoxy) is 1. The minimum absolute atomic E-state index is 0.109. The van der Waals surface area contributed by atoms with Gasteiger partial charge in [-0.2, -0.15) is 0 Å². The van der Waals surface area contributed by atoms with Crippen molar-refractivity contribution in [2.75, 3.05) is 0 Å². The fourth-order valence-electron chi connectivity index (χ4n) is 2.66. The Labute approximate surface area is 130 Å². The molecule has 1 heterocycles. The minimum atomic E-state index is -0.299. The van der Waals surface area contributed by atoms with Crippen LogP contribution in [0.5, 0.6) is 5.75 Å². The van der Waals surface area contributed by atoms with E-state index in [-0.39, 0.29) is 11.9 Å². The third-order valence-electron chi connectivity index (χ3n) is 3.84. The number of ketones is 1. The lowest BCUT2D eigenvalue weighted by atomic mass is 9.94. The molecule has 0 aliphatic carbocycles. The zero-order chi connectivity index (χ0) is 15.5. The van der Waals surface area contributed by atoms with Gasteiger partial charge < -0.3 is 4.74 Å². The Bertz CT molecular complexity index is 796. The summed E-state index contributed by atoms with van der Waals surface area (Å²) < 4.78 is 6.11. The molecule has 0 fully saturated rings. The maximum atomic E-state index is 12.4. The molecule has 0 spiro atoms. The maximum absolute atomic E-state index is 12.4. The molecule has 2 heteroatoms. The minimum Gasteiger partial charge on any atom is -0.484 e. The molecule has 1 aliphatic rings. The van der Waals surface area contributed by atoms with E-state index in [9.17, 15) is 4.79 Å². The lowest BCUT2D eigenvalue weighted by Gasteiger charge is -2.26. The number of hydrogen-bond donors (Lipinski definition) is 0. The zero-order valence-electron chi connectivity index (χ0n) is 12.6. The van der Waals surface area contributed by atoms with Crippen molar-refractivity contribution in [2.24, 2.45) is 0 Å². The van der Waals surface area contributed by atoms with Crippen molar-refractivity contribution in [3.8, 4) is 5.75 Å². The van der Waals surface area contributed by atoms with Crippen LogP contribution < -0.4 is 4.74 Å². The van der Waals surface area contributed by atoms with Crippen LogP contribution in [0.3, 0.4) is 0 Å². The first-order valence-electron chi connectivity index (χ1n) is 7.40. The second-order valence-electron chi connectivity index (χ2n) is 5.36. The Morgan fingerprint density at radius 2 is 2.05 bits per heavy atom. The average Bonchev–Trinajstić information content (AvgIpc) is 2.54. The fourth-order valence-corrected chi connectivity index (χ4v) is 2.66. The van der Waals surface area contributed by atoms with Crippen molar-refractivity contribution in [3.05, 3.63) is 78.4 Å². The smallest absolute Gasteiger partial charge is 0.170 e. The van der Waals surface area contributed by atoms with Crippen LogP contribution in [0.25, 0.3) is 10.8 Å². The van der Waals surface area contributed by atoms with Crippen LogP contribution >= 0.6 is 0 Å². The summed E-state index contributed by atoms with van der Waals surface area (Å²) in [6.45, 7) is 5.99. The molecule has 1 atom stereocenters. The van der Waals surface area contributed by atoms with Crippen LogP contribution in [0.2, 0.25) is 0 Å². The van der Waals surface area contributed by atoms with Crippen LogP contribution in [-0.2, 0) is 0 Å². The Balaban J connectivity index is 1.99. The van der Waals surface area contributed by atoms with Gasteiger partial charge in [0.1, 0.15) is 11.9 Å². The van der Waals surface area contributed by atoms with E-state index in [4.69, 9.17) is 4.74 Å². The van der Waals surface area contributed by atoms with E-state index in [1.54, 1.807) is 0 Å². The highest BCUT2D eigenvalue weighted by Crippen LogP contribution is 2.36. The molecule has 110 valence electrons. The van der Waals surface area contributed by atoms with E-state index in [1.165, 1.54) is 0 Å². The van der Waals surface area contributed by atoms with Crippen molar-refractivity contribution in [3.63, 3.8) is 0 Å². The molecule has 2 nitrogen and oxygen atoms in total. The number of allylic oxidation sites excluding steroid dienone is 3. The summed E-state index contributed by atoms with van der Waals surface area (Å²) in [7, 11) is 0. The van der Waals surface area contributed by atoms with Gasteiger partial charge in [-0.05, 0) is 23.9 Å². The number of carbonyl (C=O) groups excluding carboxylic acids is 1. The first kappa shape index (κ1) is 14.3. The molecule has 22 heavy (non-hydrogen) atoms. The topological polar surface area (TPSA) is 26.3 Å². The lowest BCUT2D eigenvalue weighted by Crippen LogP contribution is -2.28. The van der Waals surface area contributed by atoms with Crippen molar-refractivity contribution >= 4 is 16.6 Å². The van der Waals surface area contributed by atoms with Crippen LogP contribution in [0.1, 0.15) is 23.7 Å². The quantitative estimate of drug-likeness (QED) is 0.754. The Morgan fingerprint density at radius 3 is 2.86 bits per heavy atom. The molecule has 2 aromatic carbocycles. The molecule has 0 radical (unpaired) electrons. The summed E-state index contributed by atoms with van der Waals surface area (Å²) in [5, 5.41) is 2.05. The molecule has 3 rings (SSSR count). The summed E-state index contributed by atoms with van der Waals surface area (Å²) in [5.41, 5.74) is 1.48. The van der Waals surface area contributed by atoms with Crippen LogP contribution in [-0.4, -0.2) is 11.9 Å². The van der Waals surface area contributed by atoms with Gasteiger partial charge in [-0.1, -0.05) is 61.2 Å². The van der Waals surface area contributed by atoms with Gasteiger partial charge in [-0.25, -0.2) is 0 Å². The van der Waals surface area contributed by atoms with Crippen molar-refractivity contribution in [2.45, 2.75) is 19.4 Å². The van der Waals surface area contributed by atoms with E-state index in [1.807, 2.05) is 67.6 Å². The van der Waals surface area contributed by atoms with Crippen LogP contribution in [0.15, 0.2) is 72.9 Å². The van der Waals surface area contributed by atoms with E-state index >= 15 is 0 Å². The average molecular weight is 290 g/mol. The second-order valence-corrected chi connectivity index (χ2v) is 5.36. The monoisotopic (exact) mass is 290 g/mol. The number of fused-ring (bicyclic) bond motifs is 3. The fraction of sp³-hybridized carbons (Fsp3) is 0.150. The summed E-state index contributed by atoms with van der Waals surface area (Å²) in [4.78, 5) is 12.4. The van der Waals surface area contributed by atoms with Crippen molar-refractivity contribution in [1.82, 2.24) is 0 Å². The predicted molar refractivity (Wildman–Crippen MR) is 90.4 cm³/mol. The number of benzene rings is 2. The second kappa shape index (κ2) is 6.02. The van der Waals surface area contributed by atoms with E-state index in [0.29, 0.717) is 17.7 Å². The molecule has 0 aromatic heterocycles. The van der Waals surface area contributed by atoms with Gasteiger partial charge in [0, 0.05) is 5.39 Å². The zero-order valence-corrected chi connectivity index (χ0v) is 12.6. The van der Waals surface area contributed by atoms with Gasteiger partial charge in [-0.15, -0.1) is 0 Å². The predicted octanol–water partition coefficient (Wildman–Crippen LogP) is 4.86. The molecule has 0 unspecified atom stereocenters. The maximum Gasteiger partial charge on any atom is 0.170 e. The van der Waals surface area contributed by atoms with Gasteiger partial charge in [0.25, 0.3) is 0 Å². The van der Waals surface area contributed by atoms with Gasteiger partial charge in [0.05, 0.1) is 12.0 Å². The molecule has 0 amide bonds. The third kappa shape index (κ3) is 2.60. The summed E-state index contributed by atoms with van der Waals surface area (Å²) in [6.07, 6.45) is 7.72. The lowest BCUT2D eigenvalue weighted by molar-refractivity contribution is 0.0890. The Hall–Kier alpha value is -2.61.